The van der Waals surface area contributed by atoms with E-state index < -0.39 is 0 Å². The maximum absolute atomic E-state index is 12.2. The molecule has 3 rings (SSSR count). The molecule has 3 aliphatic rings. The van der Waals surface area contributed by atoms with Gasteiger partial charge in [0.2, 0.25) is 5.91 Å². The Hall–Kier alpha value is -1.69. The summed E-state index contributed by atoms with van der Waals surface area (Å²) in [5, 5.41) is 6.40. The molecule has 2 heterocycles. The molecule has 6 heteroatoms. The van der Waals surface area contributed by atoms with E-state index in [1.165, 1.54) is 17.1 Å². The minimum Gasteiger partial charge on any atom is -0.356 e. The van der Waals surface area contributed by atoms with Crippen molar-refractivity contribution in [3.05, 3.63) is 12.2 Å². The van der Waals surface area contributed by atoms with E-state index >= 15 is 0 Å². The standard InChI is InChI=1S/C17H25N3O3/c21-15-5-6-16(22)20(15)11-12-1-3-14(4-2-12)17(23)19-10-13-7-8-18-9-13/h5-6,12-14,18H,1-4,7-11H2,(H,19,23). The smallest absolute Gasteiger partial charge is 0.253 e. The van der Waals surface area contributed by atoms with E-state index in [0.29, 0.717) is 18.4 Å². The van der Waals surface area contributed by atoms with Crippen molar-refractivity contribution in [3.63, 3.8) is 0 Å². The lowest BCUT2D eigenvalue weighted by Crippen LogP contribution is -2.39. The average molecular weight is 319 g/mol. The van der Waals surface area contributed by atoms with Crippen molar-refractivity contribution >= 4 is 17.7 Å². The highest BCUT2D eigenvalue weighted by molar-refractivity contribution is 6.12. The van der Waals surface area contributed by atoms with Gasteiger partial charge in [-0.05, 0) is 57.0 Å². The van der Waals surface area contributed by atoms with E-state index in [0.717, 1.165) is 51.7 Å². The molecule has 1 saturated heterocycles. The largest absolute Gasteiger partial charge is 0.356 e. The predicted molar refractivity (Wildman–Crippen MR) is 85.3 cm³/mol. The second-order valence-electron chi connectivity index (χ2n) is 6.94. The first-order valence-corrected chi connectivity index (χ1v) is 8.65. The molecule has 6 nitrogen and oxygen atoms in total. The summed E-state index contributed by atoms with van der Waals surface area (Å²) in [6.45, 7) is 3.31. The van der Waals surface area contributed by atoms with Crippen molar-refractivity contribution in [3.8, 4) is 0 Å². The molecule has 2 N–H and O–H groups in total. The third-order valence-corrected chi connectivity index (χ3v) is 5.29. The van der Waals surface area contributed by atoms with Crippen LogP contribution in [0.3, 0.4) is 0 Å². The summed E-state index contributed by atoms with van der Waals surface area (Å²) in [7, 11) is 0. The van der Waals surface area contributed by atoms with E-state index in [-0.39, 0.29) is 23.6 Å². The summed E-state index contributed by atoms with van der Waals surface area (Å²) in [6.07, 6.45) is 7.31. The summed E-state index contributed by atoms with van der Waals surface area (Å²) < 4.78 is 0. The molecule has 23 heavy (non-hydrogen) atoms. The summed E-state index contributed by atoms with van der Waals surface area (Å²) >= 11 is 0. The number of rotatable bonds is 5. The van der Waals surface area contributed by atoms with Gasteiger partial charge in [-0.25, -0.2) is 0 Å². The highest BCUT2D eigenvalue weighted by atomic mass is 16.2. The number of nitrogens with one attached hydrogen (secondary N) is 2. The fourth-order valence-electron chi connectivity index (χ4n) is 3.75. The van der Waals surface area contributed by atoms with Gasteiger partial charge < -0.3 is 10.6 Å². The molecule has 0 aromatic carbocycles. The Morgan fingerprint density at radius 3 is 2.39 bits per heavy atom. The summed E-state index contributed by atoms with van der Waals surface area (Å²) in [4.78, 5) is 36.7. The first kappa shape index (κ1) is 16.2. The number of hydrogen-bond acceptors (Lipinski definition) is 4. The van der Waals surface area contributed by atoms with Gasteiger partial charge in [-0.2, -0.15) is 0 Å². The Morgan fingerprint density at radius 2 is 1.78 bits per heavy atom. The Kier molecular flexibility index (Phi) is 5.10. The summed E-state index contributed by atoms with van der Waals surface area (Å²) in [6, 6.07) is 0. The Labute approximate surface area is 136 Å². The van der Waals surface area contributed by atoms with Gasteiger partial charge >= 0.3 is 0 Å². The maximum Gasteiger partial charge on any atom is 0.253 e. The quantitative estimate of drug-likeness (QED) is 0.721. The van der Waals surface area contributed by atoms with Crippen LogP contribution in [0.4, 0.5) is 0 Å². The lowest BCUT2D eigenvalue weighted by atomic mass is 9.81. The SMILES string of the molecule is O=C(NCC1CCNC1)C1CCC(CN2C(=O)C=CC2=O)CC1. The Bertz CT molecular complexity index is 485. The summed E-state index contributed by atoms with van der Waals surface area (Å²) in [5.41, 5.74) is 0. The van der Waals surface area contributed by atoms with Crippen molar-refractivity contribution in [1.29, 1.82) is 0 Å². The van der Waals surface area contributed by atoms with Gasteiger partial charge in [-0.15, -0.1) is 0 Å². The van der Waals surface area contributed by atoms with Gasteiger partial charge in [0.05, 0.1) is 0 Å². The molecule has 1 saturated carbocycles. The molecule has 0 aromatic heterocycles. The van der Waals surface area contributed by atoms with Crippen LogP contribution >= 0.6 is 0 Å². The molecule has 0 spiro atoms. The summed E-state index contributed by atoms with van der Waals surface area (Å²) in [5.74, 6) is 0.731. The minimum atomic E-state index is -0.208. The topological polar surface area (TPSA) is 78.5 Å². The van der Waals surface area contributed by atoms with Gasteiger partial charge in [-0.3, -0.25) is 19.3 Å². The zero-order valence-corrected chi connectivity index (χ0v) is 13.4. The second kappa shape index (κ2) is 7.25. The molecule has 1 atom stereocenters. The van der Waals surface area contributed by atoms with Crippen LogP contribution in [0.25, 0.3) is 0 Å². The third-order valence-electron chi connectivity index (χ3n) is 5.29. The van der Waals surface area contributed by atoms with E-state index in [9.17, 15) is 14.4 Å². The van der Waals surface area contributed by atoms with Gasteiger partial charge in [-0.1, -0.05) is 0 Å². The fourth-order valence-corrected chi connectivity index (χ4v) is 3.75. The van der Waals surface area contributed by atoms with E-state index in [2.05, 4.69) is 10.6 Å². The van der Waals surface area contributed by atoms with Crippen LogP contribution in [0.2, 0.25) is 0 Å². The number of nitrogens with zero attached hydrogens (tertiary/aromatic N) is 1. The average Bonchev–Trinajstić information content (AvgIpc) is 3.18. The van der Waals surface area contributed by atoms with Crippen LogP contribution in [-0.4, -0.2) is 48.8 Å². The Morgan fingerprint density at radius 1 is 1.09 bits per heavy atom. The fraction of sp³-hybridized carbons (Fsp3) is 0.706. The molecular formula is C17H25N3O3. The number of carbonyl (C=O) groups is 3. The zero-order chi connectivity index (χ0) is 16.2. The van der Waals surface area contributed by atoms with Crippen LogP contribution in [0.5, 0.6) is 0 Å². The van der Waals surface area contributed by atoms with Gasteiger partial charge in [0.25, 0.3) is 11.8 Å². The van der Waals surface area contributed by atoms with Crippen LogP contribution in [0.15, 0.2) is 12.2 Å². The maximum atomic E-state index is 12.2. The van der Waals surface area contributed by atoms with Crippen LogP contribution in [-0.2, 0) is 14.4 Å². The van der Waals surface area contributed by atoms with Crippen molar-refractivity contribution in [2.45, 2.75) is 32.1 Å². The third kappa shape index (κ3) is 3.99. The molecule has 126 valence electrons. The first-order chi connectivity index (χ1) is 11.1. The highest BCUT2D eigenvalue weighted by Crippen LogP contribution is 2.30. The van der Waals surface area contributed by atoms with Crippen molar-refractivity contribution in [1.82, 2.24) is 15.5 Å². The Balaban J connectivity index is 1.38. The first-order valence-electron chi connectivity index (χ1n) is 8.65. The number of hydrogen-bond donors (Lipinski definition) is 2. The van der Waals surface area contributed by atoms with E-state index in [4.69, 9.17) is 0 Å². The molecule has 0 aromatic rings. The number of amides is 3. The molecular weight excluding hydrogens is 294 g/mol. The number of carbonyl (C=O) groups excluding carboxylic acids is 3. The van der Waals surface area contributed by atoms with Crippen LogP contribution < -0.4 is 10.6 Å². The van der Waals surface area contributed by atoms with Crippen molar-refractivity contribution in [2.24, 2.45) is 17.8 Å². The second-order valence-corrected chi connectivity index (χ2v) is 6.94. The molecule has 0 radical (unpaired) electrons. The van der Waals surface area contributed by atoms with E-state index in [1.54, 1.807) is 0 Å². The number of imide groups is 1. The highest BCUT2D eigenvalue weighted by Gasteiger charge is 2.31. The zero-order valence-electron chi connectivity index (χ0n) is 13.4. The molecule has 1 unspecified atom stereocenters. The predicted octanol–water partition coefficient (Wildman–Crippen LogP) is 0.443. The molecule has 2 fully saturated rings. The molecule has 1 aliphatic carbocycles. The normalized spacial score (nSPS) is 31.0. The van der Waals surface area contributed by atoms with Gasteiger partial charge in [0, 0.05) is 31.2 Å². The molecule has 0 bridgehead atoms. The minimum absolute atomic E-state index is 0.0868. The van der Waals surface area contributed by atoms with Gasteiger partial charge in [0.15, 0.2) is 0 Å². The lowest BCUT2D eigenvalue weighted by molar-refractivity contribution is -0.138. The van der Waals surface area contributed by atoms with E-state index in [1.807, 2.05) is 0 Å². The van der Waals surface area contributed by atoms with Gasteiger partial charge in [0.1, 0.15) is 0 Å². The lowest BCUT2D eigenvalue weighted by Gasteiger charge is -2.30. The van der Waals surface area contributed by atoms with Crippen molar-refractivity contribution < 1.29 is 14.4 Å². The van der Waals surface area contributed by atoms with Crippen molar-refractivity contribution in [2.75, 3.05) is 26.2 Å². The monoisotopic (exact) mass is 319 g/mol. The van der Waals surface area contributed by atoms with Crippen LogP contribution in [0.1, 0.15) is 32.1 Å². The molecule has 3 amide bonds. The van der Waals surface area contributed by atoms with Crippen LogP contribution in [0, 0.1) is 17.8 Å². The molecule has 2 aliphatic heterocycles.